The minimum atomic E-state index is 0.759. The third-order valence-corrected chi connectivity index (χ3v) is 7.49. The molecule has 4 rings (SSSR count). The summed E-state index contributed by atoms with van der Waals surface area (Å²) >= 11 is 0. The monoisotopic (exact) mass is 586 g/mol. The molecule has 12 nitrogen and oxygen atoms in total. The summed E-state index contributed by atoms with van der Waals surface area (Å²) in [6, 6.07) is 16.5. The lowest BCUT2D eigenvalue weighted by Gasteiger charge is -2.21. The maximum absolute atomic E-state index is 4.45. The van der Waals surface area contributed by atoms with Crippen LogP contribution in [-0.4, -0.2) is 46.7 Å². The van der Waals surface area contributed by atoms with Gasteiger partial charge in [0.1, 0.15) is 0 Å². The smallest absolute Gasteiger partial charge is 0.375 e. The highest BCUT2D eigenvalue weighted by atomic mass is 15.4. The predicted molar refractivity (Wildman–Crippen MR) is 169 cm³/mol. The summed E-state index contributed by atoms with van der Waals surface area (Å²) < 4.78 is 7.68. The van der Waals surface area contributed by atoms with Crippen LogP contribution in [0.15, 0.2) is 81.6 Å². The Morgan fingerprint density at radius 2 is 0.977 bits per heavy atom. The third kappa shape index (κ3) is 8.30. The van der Waals surface area contributed by atoms with Gasteiger partial charge in [0.15, 0.2) is 0 Å². The van der Waals surface area contributed by atoms with E-state index in [-0.39, 0.29) is 0 Å². The number of hydrogen-bond donors (Lipinski definition) is 0. The van der Waals surface area contributed by atoms with Gasteiger partial charge in [-0.3, -0.25) is 0 Å². The first-order chi connectivity index (χ1) is 21.0. The Labute approximate surface area is 255 Å². The van der Waals surface area contributed by atoms with Crippen LogP contribution in [0.2, 0.25) is 0 Å². The molecule has 0 saturated heterocycles. The lowest BCUT2D eigenvalue weighted by atomic mass is 10.2. The van der Waals surface area contributed by atoms with Gasteiger partial charge in [0.05, 0.1) is 37.6 Å². The average Bonchev–Trinajstić information content (AvgIpc) is 3.65. The first-order valence-electron chi connectivity index (χ1n) is 15.3. The number of rotatable bonds is 16. The number of benzene rings is 2. The second-order valence-corrected chi connectivity index (χ2v) is 10.4. The first-order valence-corrected chi connectivity index (χ1v) is 15.3. The Morgan fingerprint density at radius 1 is 0.581 bits per heavy atom. The van der Waals surface area contributed by atoms with E-state index in [9.17, 15) is 0 Å². The lowest BCUT2D eigenvalue weighted by molar-refractivity contribution is -0.681. The van der Waals surface area contributed by atoms with Crippen LogP contribution in [0.4, 0.5) is 34.6 Å². The quantitative estimate of drug-likeness (QED) is 0.0873. The molecule has 0 saturated carbocycles. The van der Waals surface area contributed by atoms with Crippen molar-refractivity contribution in [1.29, 1.82) is 0 Å². The molecule has 0 aliphatic rings. The number of aryl methyl sites for hydroxylation is 4. The molecule has 4 aromatic rings. The van der Waals surface area contributed by atoms with Gasteiger partial charge in [0.25, 0.3) is 0 Å². The number of nitrogens with zero attached hydrogens (tertiary/aromatic N) is 12. The molecule has 0 radical (unpaired) electrons. The van der Waals surface area contributed by atoms with Crippen LogP contribution in [0.3, 0.4) is 0 Å². The molecule has 2 aromatic heterocycles. The molecule has 0 bridgehead atoms. The van der Waals surface area contributed by atoms with Gasteiger partial charge in [0.2, 0.25) is 12.7 Å². The van der Waals surface area contributed by atoms with E-state index in [1.807, 2.05) is 42.8 Å². The largest absolute Gasteiger partial charge is 0.403 e. The number of unbranched alkanes of at least 4 members (excludes halogenated alkanes) is 2. The van der Waals surface area contributed by atoms with E-state index >= 15 is 0 Å². The standard InChI is InChI=1S/C31H46N12/c1-7-40-24-32-42(9-3)30(40)36-34-26-14-18-28(19-15-26)38(5)22-12-11-13-23-39(6)29-20-16-27(17-21-29)35-37-31-41(8-2)25-33-43(31)10-4/h14-21,24-25H,7-13,22-23H2,1-6H3/q+2. The van der Waals surface area contributed by atoms with Crippen molar-refractivity contribution in [2.45, 2.75) is 73.1 Å². The summed E-state index contributed by atoms with van der Waals surface area (Å²) in [5, 5.41) is 26.5. The molecule has 0 aliphatic heterocycles. The van der Waals surface area contributed by atoms with Crippen LogP contribution in [0.5, 0.6) is 0 Å². The van der Waals surface area contributed by atoms with E-state index < -0.39 is 0 Å². The molecule has 0 N–H and O–H groups in total. The molecule has 0 unspecified atom stereocenters. The molecular formula is C31H46N12+2. The van der Waals surface area contributed by atoms with Gasteiger partial charge in [-0.05, 0) is 106 Å². The zero-order valence-corrected chi connectivity index (χ0v) is 26.5. The van der Waals surface area contributed by atoms with Crippen molar-refractivity contribution in [2.24, 2.45) is 20.5 Å². The van der Waals surface area contributed by atoms with E-state index in [0.29, 0.717) is 0 Å². The Hall–Kier alpha value is -4.48. The van der Waals surface area contributed by atoms with E-state index in [1.54, 1.807) is 12.7 Å². The molecule has 228 valence electrons. The van der Waals surface area contributed by atoms with Gasteiger partial charge in [-0.2, -0.15) is 0 Å². The summed E-state index contributed by atoms with van der Waals surface area (Å²) in [5.74, 6) is 1.52. The van der Waals surface area contributed by atoms with Crippen LogP contribution in [0, 0.1) is 0 Å². The van der Waals surface area contributed by atoms with Crippen molar-refractivity contribution >= 4 is 34.6 Å². The van der Waals surface area contributed by atoms with Gasteiger partial charge in [-0.15, -0.1) is 9.36 Å². The first kappa shape index (κ1) is 31.5. The maximum Gasteiger partial charge on any atom is 0.403 e. The summed E-state index contributed by atoms with van der Waals surface area (Å²) in [6.07, 6.45) is 7.03. The van der Waals surface area contributed by atoms with Gasteiger partial charge in [-0.25, -0.2) is 9.13 Å². The average molecular weight is 587 g/mol. The summed E-state index contributed by atoms with van der Waals surface area (Å²) in [4.78, 5) is 4.59. The molecule has 2 heterocycles. The van der Waals surface area contributed by atoms with Crippen LogP contribution < -0.4 is 18.9 Å². The van der Waals surface area contributed by atoms with E-state index in [0.717, 1.165) is 75.4 Å². The van der Waals surface area contributed by atoms with Crippen LogP contribution in [0.1, 0.15) is 47.0 Å². The number of hydrogen-bond acceptors (Lipinski definition) is 8. The zero-order chi connectivity index (χ0) is 30.6. The minimum Gasteiger partial charge on any atom is -0.375 e. The van der Waals surface area contributed by atoms with Gasteiger partial charge < -0.3 is 9.80 Å². The van der Waals surface area contributed by atoms with E-state index in [2.05, 4.69) is 107 Å². The lowest BCUT2D eigenvalue weighted by Crippen LogP contribution is -2.30. The zero-order valence-electron chi connectivity index (χ0n) is 26.5. The number of anilines is 2. The molecule has 43 heavy (non-hydrogen) atoms. The van der Waals surface area contributed by atoms with Crippen LogP contribution in [0.25, 0.3) is 0 Å². The Kier molecular flexibility index (Phi) is 11.5. The Balaban J connectivity index is 1.19. The molecule has 0 spiro atoms. The van der Waals surface area contributed by atoms with Crippen molar-refractivity contribution in [2.75, 3.05) is 37.0 Å². The summed E-state index contributed by atoms with van der Waals surface area (Å²) in [6.45, 7) is 13.4. The molecule has 0 amide bonds. The fraction of sp³-hybridized carbons (Fsp3) is 0.484. The third-order valence-electron chi connectivity index (χ3n) is 7.49. The van der Waals surface area contributed by atoms with Gasteiger partial charge in [0, 0.05) is 48.8 Å². The van der Waals surface area contributed by atoms with Crippen molar-refractivity contribution in [3.05, 3.63) is 61.2 Å². The van der Waals surface area contributed by atoms with Gasteiger partial charge in [-0.1, -0.05) is 10.2 Å². The van der Waals surface area contributed by atoms with E-state index in [1.165, 1.54) is 17.8 Å². The van der Waals surface area contributed by atoms with Crippen molar-refractivity contribution in [3.8, 4) is 0 Å². The normalized spacial score (nSPS) is 11.7. The van der Waals surface area contributed by atoms with Gasteiger partial charge >= 0.3 is 11.9 Å². The fourth-order valence-electron chi connectivity index (χ4n) is 4.75. The topological polar surface area (TPSA) is 99.3 Å². The second kappa shape index (κ2) is 15.7. The van der Waals surface area contributed by atoms with Crippen LogP contribution in [-0.2, 0) is 26.2 Å². The Morgan fingerprint density at radius 3 is 1.33 bits per heavy atom. The maximum atomic E-state index is 4.45. The van der Waals surface area contributed by atoms with Crippen molar-refractivity contribution in [3.63, 3.8) is 0 Å². The highest BCUT2D eigenvalue weighted by Gasteiger charge is 2.16. The number of azo groups is 2. The van der Waals surface area contributed by atoms with Crippen molar-refractivity contribution < 1.29 is 9.13 Å². The van der Waals surface area contributed by atoms with Crippen LogP contribution >= 0.6 is 0 Å². The molecule has 12 heteroatoms. The highest BCUT2D eigenvalue weighted by Crippen LogP contribution is 2.23. The number of aromatic nitrogens is 6. The Bertz CT molecular complexity index is 1310. The minimum absolute atomic E-state index is 0.759. The molecule has 2 aromatic carbocycles. The van der Waals surface area contributed by atoms with Crippen molar-refractivity contribution in [1.82, 2.24) is 19.6 Å². The molecule has 0 aliphatic carbocycles. The molecule has 0 fully saturated rings. The summed E-state index contributed by atoms with van der Waals surface area (Å²) in [5.41, 5.74) is 4.02. The second-order valence-electron chi connectivity index (χ2n) is 10.4. The SMILES string of the molecule is CCn1nc[n+](CC)c1N=Nc1ccc(N(C)CCCCCN(C)c2ccc(N=Nc3n(CC)nc[n+]3CC)cc2)cc1. The molecule has 0 atom stereocenters. The fourth-order valence-corrected chi connectivity index (χ4v) is 4.75. The summed E-state index contributed by atoms with van der Waals surface area (Å²) in [7, 11) is 4.28. The molecular weight excluding hydrogens is 540 g/mol. The predicted octanol–water partition coefficient (Wildman–Crippen LogP) is 6.31. The highest BCUT2D eigenvalue weighted by molar-refractivity contribution is 5.53. The van der Waals surface area contributed by atoms with E-state index in [4.69, 9.17) is 0 Å².